The molecule has 104 valence electrons. The van der Waals surface area contributed by atoms with Gasteiger partial charge >= 0.3 is 12.1 Å². The predicted octanol–water partition coefficient (Wildman–Crippen LogP) is 2.48. The summed E-state index contributed by atoms with van der Waals surface area (Å²) < 4.78 is 0. The van der Waals surface area contributed by atoms with Crippen molar-refractivity contribution in [2.24, 2.45) is 0 Å². The minimum atomic E-state index is -1.02. The van der Waals surface area contributed by atoms with E-state index in [2.05, 4.69) is 4.98 Å². The molecule has 0 aromatic carbocycles. The summed E-state index contributed by atoms with van der Waals surface area (Å²) in [6, 6.07) is -0.00609. The zero-order chi connectivity index (χ0) is 14.0. The van der Waals surface area contributed by atoms with E-state index >= 15 is 0 Å². The lowest BCUT2D eigenvalue weighted by Crippen LogP contribution is -2.44. The Balaban J connectivity index is 2.10. The summed E-state index contributed by atoms with van der Waals surface area (Å²) in [6.07, 6.45) is 1.31. The summed E-state index contributed by atoms with van der Waals surface area (Å²) in [5.41, 5.74) is 0.0775. The molecule has 1 fully saturated rings. The molecule has 0 bridgehead atoms. The van der Waals surface area contributed by atoms with Gasteiger partial charge in [-0.3, -0.25) is 0 Å². The highest BCUT2D eigenvalue weighted by molar-refractivity contribution is 7.09. The number of aromatic nitrogens is 1. The van der Waals surface area contributed by atoms with Crippen molar-refractivity contribution in [1.29, 1.82) is 0 Å². The van der Waals surface area contributed by atoms with Crippen molar-refractivity contribution in [2.45, 2.75) is 38.1 Å². The SMILES string of the molecule is CCC1CC(c2nc(C(=O)O)cs2)CCN1C(=O)O. The molecule has 1 aliphatic rings. The van der Waals surface area contributed by atoms with Crippen molar-refractivity contribution in [3.05, 3.63) is 16.1 Å². The normalized spacial score (nSPS) is 23.3. The van der Waals surface area contributed by atoms with E-state index in [0.29, 0.717) is 13.0 Å². The smallest absolute Gasteiger partial charge is 0.407 e. The first-order chi connectivity index (χ1) is 9.02. The summed E-state index contributed by atoms with van der Waals surface area (Å²) >= 11 is 1.35. The molecule has 1 aliphatic heterocycles. The number of nitrogens with zero attached hydrogens (tertiary/aromatic N) is 2. The Morgan fingerprint density at radius 3 is 2.79 bits per heavy atom. The van der Waals surface area contributed by atoms with Gasteiger partial charge in [-0.05, 0) is 19.3 Å². The van der Waals surface area contributed by atoms with Crippen LogP contribution >= 0.6 is 11.3 Å². The number of carboxylic acids is 1. The topological polar surface area (TPSA) is 90.7 Å². The van der Waals surface area contributed by atoms with Crippen LogP contribution in [0, 0.1) is 0 Å². The molecule has 0 radical (unpaired) electrons. The predicted molar refractivity (Wildman–Crippen MR) is 69.9 cm³/mol. The molecule has 0 saturated carbocycles. The molecule has 2 atom stereocenters. The fraction of sp³-hybridized carbons (Fsp3) is 0.583. The van der Waals surface area contributed by atoms with E-state index < -0.39 is 12.1 Å². The zero-order valence-electron chi connectivity index (χ0n) is 10.6. The van der Waals surface area contributed by atoms with Crippen LogP contribution in [0.2, 0.25) is 0 Å². The number of rotatable bonds is 3. The van der Waals surface area contributed by atoms with Crippen LogP contribution in [0.15, 0.2) is 5.38 Å². The van der Waals surface area contributed by atoms with Crippen LogP contribution in [0.4, 0.5) is 4.79 Å². The number of aromatic carboxylic acids is 1. The monoisotopic (exact) mass is 284 g/mol. The summed E-state index contributed by atoms with van der Waals surface area (Å²) in [4.78, 5) is 27.5. The molecule has 2 heterocycles. The van der Waals surface area contributed by atoms with Crippen LogP contribution in [0.5, 0.6) is 0 Å². The number of likely N-dealkylation sites (tertiary alicyclic amines) is 1. The number of carbonyl (C=O) groups is 2. The maximum atomic E-state index is 11.1. The fourth-order valence-corrected chi connectivity index (χ4v) is 3.43. The van der Waals surface area contributed by atoms with Gasteiger partial charge in [0.15, 0.2) is 5.69 Å². The minimum absolute atomic E-state index is 0.00609. The fourth-order valence-electron chi connectivity index (χ4n) is 2.49. The van der Waals surface area contributed by atoms with Crippen molar-refractivity contribution >= 4 is 23.4 Å². The van der Waals surface area contributed by atoms with Crippen molar-refractivity contribution in [2.75, 3.05) is 6.54 Å². The van der Waals surface area contributed by atoms with E-state index in [1.807, 2.05) is 6.92 Å². The Kier molecular flexibility index (Phi) is 4.04. The lowest BCUT2D eigenvalue weighted by atomic mass is 9.90. The quantitative estimate of drug-likeness (QED) is 0.889. The first-order valence-electron chi connectivity index (χ1n) is 6.21. The number of hydrogen-bond acceptors (Lipinski definition) is 4. The lowest BCUT2D eigenvalue weighted by molar-refractivity contribution is 0.0691. The molecule has 1 aromatic rings. The van der Waals surface area contributed by atoms with E-state index in [9.17, 15) is 9.59 Å². The zero-order valence-corrected chi connectivity index (χ0v) is 11.4. The average Bonchev–Trinajstić information content (AvgIpc) is 2.87. The lowest BCUT2D eigenvalue weighted by Gasteiger charge is -2.36. The molecule has 1 amide bonds. The first kappa shape index (κ1) is 13.8. The highest BCUT2D eigenvalue weighted by atomic mass is 32.1. The molecule has 2 unspecified atom stereocenters. The minimum Gasteiger partial charge on any atom is -0.476 e. The average molecular weight is 284 g/mol. The number of carboxylic acid groups (broad SMARTS) is 2. The summed E-state index contributed by atoms with van der Waals surface area (Å²) in [5.74, 6) is -0.851. The van der Waals surface area contributed by atoms with Gasteiger partial charge in [0.25, 0.3) is 0 Å². The van der Waals surface area contributed by atoms with Crippen molar-refractivity contribution in [3.63, 3.8) is 0 Å². The van der Waals surface area contributed by atoms with Crippen LogP contribution in [0.3, 0.4) is 0 Å². The summed E-state index contributed by atoms with van der Waals surface area (Å²) in [6.45, 7) is 2.45. The summed E-state index contributed by atoms with van der Waals surface area (Å²) in [7, 11) is 0. The van der Waals surface area contributed by atoms with Crippen LogP contribution < -0.4 is 0 Å². The maximum Gasteiger partial charge on any atom is 0.407 e. The maximum absolute atomic E-state index is 11.1. The molecule has 2 N–H and O–H groups in total. The van der Waals surface area contributed by atoms with Crippen LogP contribution in [0.1, 0.15) is 47.6 Å². The Hall–Kier alpha value is -1.63. The number of thiazole rings is 1. The first-order valence-corrected chi connectivity index (χ1v) is 7.09. The Morgan fingerprint density at radius 2 is 2.26 bits per heavy atom. The molecule has 19 heavy (non-hydrogen) atoms. The van der Waals surface area contributed by atoms with Gasteiger partial charge in [-0.15, -0.1) is 11.3 Å². The van der Waals surface area contributed by atoms with E-state index in [-0.39, 0.29) is 17.7 Å². The Labute approximate surface area is 114 Å². The third kappa shape index (κ3) is 2.86. The van der Waals surface area contributed by atoms with E-state index in [1.165, 1.54) is 16.2 Å². The molecule has 1 saturated heterocycles. The third-order valence-corrected chi connectivity index (χ3v) is 4.53. The highest BCUT2D eigenvalue weighted by Gasteiger charge is 2.32. The third-order valence-electron chi connectivity index (χ3n) is 3.52. The van der Waals surface area contributed by atoms with Gasteiger partial charge in [-0.1, -0.05) is 6.92 Å². The van der Waals surface area contributed by atoms with E-state index in [4.69, 9.17) is 10.2 Å². The molecular weight excluding hydrogens is 268 g/mol. The Bertz CT molecular complexity index is 488. The van der Waals surface area contributed by atoms with Crippen LogP contribution in [-0.2, 0) is 0 Å². The van der Waals surface area contributed by atoms with Crippen molar-refractivity contribution < 1.29 is 19.8 Å². The molecule has 0 aliphatic carbocycles. The number of amides is 1. The molecule has 2 rings (SSSR count). The molecule has 7 heteroatoms. The second-order valence-electron chi connectivity index (χ2n) is 4.64. The Morgan fingerprint density at radius 1 is 1.53 bits per heavy atom. The van der Waals surface area contributed by atoms with Gasteiger partial charge in [0, 0.05) is 23.9 Å². The second-order valence-corrected chi connectivity index (χ2v) is 5.53. The van der Waals surface area contributed by atoms with Gasteiger partial charge in [-0.25, -0.2) is 14.6 Å². The van der Waals surface area contributed by atoms with Gasteiger partial charge in [0.1, 0.15) is 0 Å². The van der Waals surface area contributed by atoms with E-state index in [1.54, 1.807) is 5.38 Å². The van der Waals surface area contributed by atoms with Gasteiger partial charge < -0.3 is 15.1 Å². The molecule has 6 nitrogen and oxygen atoms in total. The number of piperidine rings is 1. The largest absolute Gasteiger partial charge is 0.476 e. The summed E-state index contributed by atoms with van der Waals surface area (Å²) in [5, 5.41) is 20.3. The van der Waals surface area contributed by atoms with Crippen LogP contribution in [-0.4, -0.2) is 44.7 Å². The van der Waals surface area contributed by atoms with Crippen LogP contribution in [0.25, 0.3) is 0 Å². The standard InChI is InChI=1S/C12H16N2O4S/c1-2-8-5-7(3-4-14(8)12(17)18)10-13-9(6-19-10)11(15)16/h6-8H,2-5H2,1H3,(H,15,16)(H,17,18). The van der Waals surface area contributed by atoms with Gasteiger partial charge in [0.2, 0.25) is 0 Å². The van der Waals surface area contributed by atoms with E-state index in [0.717, 1.165) is 17.8 Å². The second kappa shape index (κ2) is 5.56. The molecular formula is C12H16N2O4S. The van der Waals surface area contributed by atoms with Gasteiger partial charge in [0.05, 0.1) is 5.01 Å². The number of hydrogen-bond donors (Lipinski definition) is 2. The molecule has 1 aromatic heterocycles. The highest BCUT2D eigenvalue weighted by Crippen LogP contribution is 2.34. The van der Waals surface area contributed by atoms with Gasteiger partial charge in [-0.2, -0.15) is 0 Å². The van der Waals surface area contributed by atoms with Crippen molar-refractivity contribution in [3.8, 4) is 0 Å². The molecule has 0 spiro atoms. The van der Waals surface area contributed by atoms with Crippen molar-refractivity contribution in [1.82, 2.24) is 9.88 Å².